The summed E-state index contributed by atoms with van der Waals surface area (Å²) < 4.78 is 0. The number of benzene rings is 1. The van der Waals surface area contributed by atoms with E-state index < -0.39 is 5.97 Å². The minimum absolute atomic E-state index is 0.442. The highest BCUT2D eigenvalue weighted by Gasteiger charge is 2.26. The number of hydrogen-bond donors (Lipinski definition) is 1. The normalized spacial score (nSPS) is 14.5. The lowest BCUT2D eigenvalue weighted by Gasteiger charge is -2.26. The second-order valence-corrected chi connectivity index (χ2v) is 5.65. The van der Waals surface area contributed by atoms with Gasteiger partial charge in [-0.2, -0.15) is 0 Å². The lowest BCUT2D eigenvalue weighted by atomic mass is 10.0. The topological polar surface area (TPSA) is 40.5 Å². The molecule has 0 aliphatic heterocycles. The van der Waals surface area contributed by atoms with Crippen LogP contribution in [0.15, 0.2) is 12.1 Å². The number of aryl methyl sites for hydroxylation is 2. The number of nitrogens with zero attached hydrogens (tertiary/aromatic N) is 1. The highest BCUT2D eigenvalue weighted by atomic mass is 16.4. The van der Waals surface area contributed by atoms with E-state index in [0.29, 0.717) is 5.56 Å². The monoisotopic (exact) mass is 261 g/mol. The summed E-state index contributed by atoms with van der Waals surface area (Å²) in [6.45, 7) is 8.08. The Kier molecular flexibility index (Phi) is 4.13. The second-order valence-electron chi connectivity index (χ2n) is 5.65. The molecule has 1 aliphatic rings. The van der Waals surface area contributed by atoms with E-state index in [0.717, 1.165) is 42.2 Å². The molecule has 19 heavy (non-hydrogen) atoms. The van der Waals surface area contributed by atoms with E-state index in [2.05, 4.69) is 11.8 Å². The molecule has 0 radical (unpaired) electrons. The highest BCUT2D eigenvalue weighted by molar-refractivity contribution is 5.95. The van der Waals surface area contributed by atoms with E-state index in [1.54, 1.807) is 0 Å². The first-order valence-electron chi connectivity index (χ1n) is 7.12. The first-order valence-corrected chi connectivity index (χ1v) is 7.12. The van der Waals surface area contributed by atoms with Crippen LogP contribution in [0.5, 0.6) is 0 Å². The van der Waals surface area contributed by atoms with E-state index >= 15 is 0 Å². The molecule has 0 amide bonds. The van der Waals surface area contributed by atoms with Crippen molar-refractivity contribution >= 4 is 11.7 Å². The van der Waals surface area contributed by atoms with E-state index in [4.69, 9.17) is 0 Å². The number of rotatable bonds is 6. The van der Waals surface area contributed by atoms with Crippen LogP contribution < -0.4 is 4.90 Å². The van der Waals surface area contributed by atoms with Gasteiger partial charge in [-0.1, -0.05) is 6.92 Å². The third-order valence-electron chi connectivity index (χ3n) is 3.85. The van der Waals surface area contributed by atoms with Crippen LogP contribution in [-0.4, -0.2) is 24.2 Å². The smallest absolute Gasteiger partial charge is 0.337 e. The average Bonchev–Trinajstić information content (AvgIpc) is 3.15. The molecule has 2 rings (SSSR count). The van der Waals surface area contributed by atoms with Crippen LogP contribution in [0.1, 0.15) is 47.7 Å². The van der Waals surface area contributed by atoms with Gasteiger partial charge in [-0.15, -0.1) is 0 Å². The van der Waals surface area contributed by atoms with Crippen LogP contribution in [-0.2, 0) is 0 Å². The van der Waals surface area contributed by atoms with Gasteiger partial charge in [0.2, 0.25) is 0 Å². The molecule has 104 valence electrons. The van der Waals surface area contributed by atoms with E-state index in [1.807, 2.05) is 26.0 Å². The summed E-state index contributed by atoms with van der Waals surface area (Å²) in [6, 6.07) is 3.85. The number of aromatic carboxylic acids is 1. The summed E-state index contributed by atoms with van der Waals surface area (Å²) in [5.41, 5.74) is 3.54. The fourth-order valence-electron chi connectivity index (χ4n) is 2.43. The lowest BCUT2D eigenvalue weighted by molar-refractivity contribution is 0.0697. The van der Waals surface area contributed by atoms with Crippen molar-refractivity contribution in [3.05, 3.63) is 28.8 Å². The summed E-state index contributed by atoms with van der Waals surface area (Å²) in [7, 11) is 0. The molecule has 1 aromatic rings. The zero-order chi connectivity index (χ0) is 14.0. The van der Waals surface area contributed by atoms with Crippen molar-refractivity contribution in [2.24, 2.45) is 5.92 Å². The quantitative estimate of drug-likeness (QED) is 0.850. The maximum Gasteiger partial charge on any atom is 0.337 e. The van der Waals surface area contributed by atoms with Crippen LogP contribution in [0.2, 0.25) is 0 Å². The molecule has 0 bridgehead atoms. The van der Waals surface area contributed by atoms with Gasteiger partial charge in [0.05, 0.1) is 11.3 Å². The molecule has 0 atom stereocenters. The zero-order valence-electron chi connectivity index (χ0n) is 12.1. The van der Waals surface area contributed by atoms with E-state index in [-0.39, 0.29) is 0 Å². The van der Waals surface area contributed by atoms with Crippen LogP contribution in [0.25, 0.3) is 0 Å². The van der Waals surface area contributed by atoms with Gasteiger partial charge in [0.15, 0.2) is 0 Å². The third kappa shape index (κ3) is 3.28. The van der Waals surface area contributed by atoms with Crippen molar-refractivity contribution in [2.45, 2.75) is 40.0 Å². The largest absolute Gasteiger partial charge is 0.478 e. The molecular formula is C16H23NO2. The molecule has 1 aliphatic carbocycles. The van der Waals surface area contributed by atoms with Gasteiger partial charge >= 0.3 is 5.97 Å². The Morgan fingerprint density at radius 1 is 1.32 bits per heavy atom. The third-order valence-corrected chi connectivity index (χ3v) is 3.85. The Balaban J connectivity index is 2.37. The SMILES string of the molecule is CCCN(CC1CC1)c1cc(C)c(C)cc1C(=O)O. The fourth-order valence-corrected chi connectivity index (χ4v) is 2.43. The second kappa shape index (κ2) is 5.64. The summed E-state index contributed by atoms with van der Waals surface area (Å²) in [5, 5.41) is 9.42. The van der Waals surface area contributed by atoms with Crippen molar-refractivity contribution in [1.29, 1.82) is 0 Å². The van der Waals surface area contributed by atoms with E-state index in [1.165, 1.54) is 12.8 Å². The van der Waals surface area contributed by atoms with Crippen molar-refractivity contribution in [3.63, 3.8) is 0 Å². The van der Waals surface area contributed by atoms with Crippen molar-refractivity contribution in [1.82, 2.24) is 0 Å². The molecule has 3 heteroatoms. The molecule has 0 spiro atoms. The molecular weight excluding hydrogens is 238 g/mol. The Morgan fingerprint density at radius 2 is 1.95 bits per heavy atom. The Labute approximate surface area is 115 Å². The van der Waals surface area contributed by atoms with Crippen molar-refractivity contribution < 1.29 is 9.90 Å². The molecule has 0 unspecified atom stereocenters. The lowest BCUT2D eigenvalue weighted by Crippen LogP contribution is -2.28. The van der Waals surface area contributed by atoms with Gasteiger partial charge in [0.25, 0.3) is 0 Å². The first-order chi connectivity index (χ1) is 9.02. The average molecular weight is 261 g/mol. The van der Waals surface area contributed by atoms with Crippen LogP contribution in [0, 0.1) is 19.8 Å². The molecule has 0 aromatic heterocycles. The van der Waals surface area contributed by atoms with Gasteiger partial charge in [0, 0.05) is 13.1 Å². The standard InChI is InChI=1S/C16H23NO2/c1-4-7-17(10-13-5-6-13)15-9-12(3)11(2)8-14(15)16(18)19/h8-9,13H,4-7,10H2,1-3H3,(H,18,19). The Morgan fingerprint density at radius 3 is 2.47 bits per heavy atom. The molecule has 1 aromatic carbocycles. The van der Waals surface area contributed by atoms with Crippen LogP contribution in [0.4, 0.5) is 5.69 Å². The molecule has 1 N–H and O–H groups in total. The van der Waals surface area contributed by atoms with Crippen molar-refractivity contribution in [3.8, 4) is 0 Å². The molecule has 1 saturated carbocycles. The highest BCUT2D eigenvalue weighted by Crippen LogP contribution is 2.33. The first kappa shape index (κ1) is 13.9. The van der Waals surface area contributed by atoms with Crippen LogP contribution >= 0.6 is 0 Å². The number of carboxylic acid groups (broad SMARTS) is 1. The van der Waals surface area contributed by atoms with Crippen molar-refractivity contribution in [2.75, 3.05) is 18.0 Å². The molecule has 0 saturated heterocycles. The van der Waals surface area contributed by atoms with Gasteiger partial charge < -0.3 is 10.0 Å². The fraction of sp³-hybridized carbons (Fsp3) is 0.562. The molecule has 0 heterocycles. The zero-order valence-corrected chi connectivity index (χ0v) is 12.1. The minimum Gasteiger partial charge on any atom is -0.478 e. The predicted octanol–water partition coefficient (Wildman–Crippen LogP) is 3.63. The van der Waals surface area contributed by atoms with Crippen LogP contribution in [0.3, 0.4) is 0 Å². The van der Waals surface area contributed by atoms with Gasteiger partial charge in [-0.25, -0.2) is 4.79 Å². The Hall–Kier alpha value is -1.51. The van der Waals surface area contributed by atoms with E-state index in [9.17, 15) is 9.90 Å². The molecule has 3 nitrogen and oxygen atoms in total. The van der Waals surface area contributed by atoms with Gasteiger partial charge in [-0.3, -0.25) is 0 Å². The number of hydrogen-bond acceptors (Lipinski definition) is 2. The summed E-state index contributed by atoms with van der Waals surface area (Å²) >= 11 is 0. The minimum atomic E-state index is -0.824. The molecule has 1 fully saturated rings. The maximum absolute atomic E-state index is 11.5. The maximum atomic E-state index is 11.5. The summed E-state index contributed by atoms with van der Waals surface area (Å²) in [6.07, 6.45) is 3.61. The van der Waals surface area contributed by atoms with Gasteiger partial charge in [0.1, 0.15) is 0 Å². The summed E-state index contributed by atoms with van der Waals surface area (Å²) in [4.78, 5) is 13.7. The summed E-state index contributed by atoms with van der Waals surface area (Å²) in [5.74, 6) is -0.0650. The predicted molar refractivity (Wildman–Crippen MR) is 78.1 cm³/mol. The number of carboxylic acids is 1. The number of carbonyl (C=O) groups is 1. The Bertz CT molecular complexity index is 478. The van der Waals surface area contributed by atoms with Gasteiger partial charge in [-0.05, 0) is 62.3 Å². The number of anilines is 1.